The van der Waals surface area contributed by atoms with Gasteiger partial charge in [0.15, 0.2) is 5.82 Å². The normalized spacial score (nSPS) is 17.2. The van der Waals surface area contributed by atoms with E-state index in [1.54, 1.807) is 16.0 Å². The van der Waals surface area contributed by atoms with Crippen LogP contribution in [0, 0.1) is 48.7 Å². The number of piperidine rings is 1. The molecule has 484 valence electrons. The van der Waals surface area contributed by atoms with E-state index in [1.807, 2.05) is 67.0 Å². The van der Waals surface area contributed by atoms with Crippen LogP contribution >= 0.6 is 0 Å². The van der Waals surface area contributed by atoms with Crippen LogP contribution < -0.4 is 24.6 Å². The molecule has 2 aromatic heterocycles. The van der Waals surface area contributed by atoms with Crippen molar-refractivity contribution < 1.29 is 42.5 Å². The summed E-state index contributed by atoms with van der Waals surface area (Å²) in [7, 11) is 5.05. The van der Waals surface area contributed by atoms with E-state index in [2.05, 4.69) is 77.5 Å². The number of pyridine rings is 1. The number of aromatic hydroxyl groups is 1. The maximum atomic E-state index is 16.0. The van der Waals surface area contributed by atoms with Crippen molar-refractivity contribution in [3.8, 4) is 41.1 Å². The Kier molecular flexibility index (Phi) is 32.4. The molecule has 2 N–H and O–H groups in total. The van der Waals surface area contributed by atoms with Gasteiger partial charge in [-0.25, -0.2) is 8.78 Å². The third-order valence-corrected chi connectivity index (χ3v) is 17.1. The molecule has 1 aliphatic carbocycles. The second kappa shape index (κ2) is 38.7. The first-order valence-electron chi connectivity index (χ1n) is 32.6. The fourth-order valence-corrected chi connectivity index (χ4v) is 11.6. The molecule has 0 radical (unpaired) electrons. The molecule has 0 spiro atoms. The van der Waals surface area contributed by atoms with Crippen LogP contribution in [0.15, 0.2) is 59.8 Å². The molecule has 4 fully saturated rings. The topological polar surface area (TPSA) is 160 Å². The number of hydrogen-bond acceptors (Lipinski definition) is 12. The van der Waals surface area contributed by atoms with Gasteiger partial charge in [0.25, 0.3) is 0 Å². The number of amides is 2. The first-order valence-corrected chi connectivity index (χ1v) is 32.6. The largest absolute Gasteiger partial charge is 0.508 e. The summed E-state index contributed by atoms with van der Waals surface area (Å²) in [5.74, 6) is 3.79. The third kappa shape index (κ3) is 21.0. The lowest BCUT2D eigenvalue weighted by molar-refractivity contribution is -0.126. The minimum Gasteiger partial charge on any atom is -0.508 e. The maximum Gasteiger partial charge on any atom is 0.318 e. The van der Waals surface area contributed by atoms with Gasteiger partial charge in [-0.2, -0.15) is 9.97 Å². The molecular formula is C72H105F2N7O7. The van der Waals surface area contributed by atoms with Crippen molar-refractivity contribution in [1.29, 1.82) is 0 Å². The van der Waals surface area contributed by atoms with Crippen LogP contribution in [-0.2, 0) is 19.1 Å². The number of halogens is 2. The quantitative estimate of drug-likeness (QED) is 0.0310. The van der Waals surface area contributed by atoms with Crippen LogP contribution in [0.1, 0.15) is 190 Å². The number of unbranched alkanes of at least 4 members (excludes halogenated alkanes) is 2. The highest BCUT2D eigenvalue weighted by atomic mass is 19.1. The van der Waals surface area contributed by atoms with E-state index >= 15 is 4.39 Å². The van der Waals surface area contributed by atoms with Crippen molar-refractivity contribution in [3.63, 3.8) is 0 Å². The number of nitrogens with one attached hydrogen (secondary N) is 1. The fourth-order valence-electron chi connectivity index (χ4n) is 11.6. The number of methoxy groups -OCH3 is 2. The number of phenolic OH excluding ortho intramolecular Hbond substituents is 1. The molecule has 5 unspecified atom stereocenters. The zero-order valence-electron chi connectivity index (χ0n) is 55.8. The standard InChI is InChI=1S/C26H22F2N4O2.C16H25NO2.C15H26O.C9H17NO.C4H9NO.C2H6/c1-4-17-20(27)8-7-15-10-16(33)11-18(21(15)17)23-22(28)24-19(12-29-23)25(31-26(30-24)34-3)32-9-5-6-14(2)13-32;1-5-7-8-11-19-14-10-9-13(3)15(12-14)17(4)16(18)6-2;1-5-11(2)15(16)13(4)10-9-12(3)14-7-6-8-14;1-11-7-9-5-4-8-3-2-6-10(8)9;1-2-3-5-4-6;1-2/h1,7-8,10-12,14,33H,5-6,9,13H2,2-3H3;9-10,12H,5-8,11H2,1-4H3;11,13H,5-10H2,1-4H3;8-9H,2-7H2,1H3;4H,2-3H2,1H3,(H,5,6);1-2H3. The van der Waals surface area contributed by atoms with Gasteiger partial charge in [0.1, 0.15) is 40.1 Å². The second-order valence-corrected chi connectivity index (χ2v) is 23.6. The highest BCUT2D eigenvalue weighted by molar-refractivity contribution is 6.03. The molecule has 3 aliphatic heterocycles. The molecule has 16 heteroatoms. The van der Waals surface area contributed by atoms with Crippen molar-refractivity contribution in [1.82, 2.24) is 25.2 Å². The van der Waals surface area contributed by atoms with Gasteiger partial charge in [0.2, 0.25) is 12.3 Å². The number of benzene rings is 3. The van der Waals surface area contributed by atoms with Gasteiger partial charge >= 0.3 is 6.01 Å². The number of ketones is 1. The summed E-state index contributed by atoms with van der Waals surface area (Å²) < 4.78 is 46.7. The van der Waals surface area contributed by atoms with E-state index in [-0.39, 0.29) is 57.2 Å². The molecule has 14 nitrogen and oxygen atoms in total. The van der Waals surface area contributed by atoms with Crippen LogP contribution in [0.25, 0.3) is 32.9 Å². The lowest BCUT2D eigenvalue weighted by Crippen LogP contribution is -2.35. The van der Waals surface area contributed by atoms with Gasteiger partial charge in [-0.1, -0.05) is 104 Å². The molecule has 2 amide bonds. The smallest absolute Gasteiger partial charge is 0.318 e. The highest BCUT2D eigenvalue weighted by Gasteiger charge is 2.36. The Bertz CT molecular complexity index is 3070. The molecule has 4 aliphatic rings. The Labute approximate surface area is 526 Å². The Hall–Kier alpha value is -6.70. The molecule has 1 saturated carbocycles. The van der Waals surface area contributed by atoms with Gasteiger partial charge in [0, 0.05) is 93.0 Å². The van der Waals surface area contributed by atoms with E-state index in [1.165, 1.54) is 102 Å². The minimum atomic E-state index is -0.733. The summed E-state index contributed by atoms with van der Waals surface area (Å²) in [6.45, 7) is 28.1. The number of ether oxygens (including phenoxy) is 3. The zero-order valence-corrected chi connectivity index (χ0v) is 55.8. The average Bonchev–Trinajstić information content (AvgIpc) is 1.36. The number of aryl methyl sites for hydroxylation is 1. The molecule has 5 aromatic rings. The number of fused-ring (bicyclic) bond motifs is 3. The van der Waals surface area contributed by atoms with Gasteiger partial charge < -0.3 is 34.4 Å². The Balaban J connectivity index is 0.000000260. The Morgan fingerprint density at radius 1 is 0.943 bits per heavy atom. The lowest BCUT2D eigenvalue weighted by atomic mass is 9.84. The average molecular weight is 1220 g/mol. The molecule has 5 heterocycles. The monoisotopic (exact) mass is 1220 g/mol. The number of Topliss-reactive ketones (excluding diaryl/α,β-unsaturated/α-hetero) is 1. The summed E-state index contributed by atoms with van der Waals surface area (Å²) >= 11 is 0. The molecule has 5 atom stereocenters. The summed E-state index contributed by atoms with van der Waals surface area (Å²) in [4.78, 5) is 52.7. The lowest BCUT2D eigenvalue weighted by Gasteiger charge is -2.32. The number of phenols is 1. The van der Waals surface area contributed by atoms with Crippen molar-refractivity contribution in [2.24, 2.45) is 17.8 Å². The number of hydrogen-bond donors (Lipinski definition) is 2. The summed E-state index contributed by atoms with van der Waals surface area (Å²) in [6.07, 6.45) is 27.6. The van der Waals surface area contributed by atoms with Crippen molar-refractivity contribution in [2.45, 2.75) is 197 Å². The fraction of sp³-hybridized carbons (Fsp3) is 0.583. The highest BCUT2D eigenvalue weighted by Crippen LogP contribution is 2.40. The van der Waals surface area contributed by atoms with Crippen molar-refractivity contribution >= 4 is 51.3 Å². The van der Waals surface area contributed by atoms with Crippen molar-refractivity contribution in [3.05, 3.63) is 82.6 Å². The van der Waals surface area contributed by atoms with E-state index in [9.17, 15) is 23.9 Å². The molecular weight excluding hydrogens is 1110 g/mol. The number of carbonyl (C=O) groups is 3. The predicted octanol–water partition coefficient (Wildman–Crippen LogP) is 15.9. The Morgan fingerprint density at radius 2 is 1.68 bits per heavy atom. The molecule has 88 heavy (non-hydrogen) atoms. The summed E-state index contributed by atoms with van der Waals surface area (Å²) in [5, 5.41) is 14.0. The van der Waals surface area contributed by atoms with E-state index in [4.69, 9.17) is 20.6 Å². The van der Waals surface area contributed by atoms with Crippen LogP contribution in [0.5, 0.6) is 17.5 Å². The predicted molar refractivity (Wildman–Crippen MR) is 357 cm³/mol. The summed E-state index contributed by atoms with van der Waals surface area (Å²) in [5.41, 5.74) is 5.29. The van der Waals surface area contributed by atoms with Crippen LogP contribution in [0.2, 0.25) is 0 Å². The van der Waals surface area contributed by atoms with Gasteiger partial charge in [-0.3, -0.25) is 24.3 Å². The van der Waals surface area contributed by atoms with E-state index in [0.717, 1.165) is 107 Å². The van der Waals surface area contributed by atoms with E-state index < -0.39 is 11.6 Å². The van der Waals surface area contributed by atoms with Crippen molar-refractivity contribution in [2.75, 3.05) is 70.5 Å². The number of anilines is 2. The van der Waals surface area contributed by atoms with E-state index in [0.29, 0.717) is 41.1 Å². The van der Waals surface area contributed by atoms with Gasteiger partial charge in [-0.15, -0.1) is 6.42 Å². The SMILES string of the molecule is C#Cc1c(F)ccc2cc(O)cc(-c3ncc4c(N5CCCC(C)C5)nc(OC)nc4c3F)c12.CC.CCC(C)C(=O)C(C)CCC(C)=C1CCC1.CCCCCOc1ccc(C)c(N(C)C(=O)CC)c1.CCCNC=O.COCC1CCC2CCCN21. The number of terminal acetylenes is 1. The number of rotatable bonds is 21. The maximum absolute atomic E-state index is 16.0. The molecule has 3 saturated heterocycles. The minimum absolute atomic E-state index is 0.0280. The third-order valence-electron chi connectivity index (χ3n) is 17.1. The van der Waals surface area contributed by atoms with Crippen LogP contribution in [-0.4, -0.2) is 116 Å². The molecule has 0 bridgehead atoms. The number of aromatic nitrogens is 3. The first kappa shape index (κ1) is 73.8. The zero-order chi connectivity index (χ0) is 64.9. The number of carbonyl (C=O) groups excluding carboxylic acids is 3. The first-order chi connectivity index (χ1) is 42.4. The second-order valence-electron chi connectivity index (χ2n) is 23.6. The van der Waals surface area contributed by atoms with Gasteiger partial charge in [-0.05, 0) is 151 Å². The van der Waals surface area contributed by atoms with Gasteiger partial charge in [0.05, 0.1) is 31.3 Å². The summed E-state index contributed by atoms with van der Waals surface area (Å²) in [6, 6.07) is 13.1. The molecule has 3 aromatic carbocycles. The van der Waals surface area contributed by atoms with Crippen LogP contribution in [0.4, 0.5) is 20.3 Å². The number of allylic oxidation sites excluding steroid dienone is 2. The molecule has 9 rings (SSSR count). The number of nitrogens with zero attached hydrogens (tertiary/aromatic N) is 6. The Morgan fingerprint density at radius 3 is 2.30 bits per heavy atom. The van der Waals surface area contributed by atoms with Crippen LogP contribution in [0.3, 0.4) is 0 Å².